The molecule has 0 aromatic carbocycles. The van der Waals surface area contributed by atoms with Gasteiger partial charge in [-0.3, -0.25) is 4.79 Å². The fraction of sp³-hybridized carbons (Fsp3) is 0.667. The number of rotatable bonds is 4. The van der Waals surface area contributed by atoms with E-state index < -0.39 is 0 Å². The normalized spacial score (nSPS) is 27.2. The highest BCUT2D eigenvalue weighted by atomic mass is 35.5. The van der Waals surface area contributed by atoms with Crippen molar-refractivity contribution in [3.05, 3.63) is 23.7 Å². The van der Waals surface area contributed by atoms with E-state index in [1.54, 1.807) is 19.2 Å². The maximum Gasteiger partial charge on any atom is 0.289 e. The van der Waals surface area contributed by atoms with Crippen LogP contribution in [0.25, 0.3) is 0 Å². The van der Waals surface area contributed by atoms with E-state index in [9.17, 15) is 4.79 Å². The van der Waals surface area contributed by atoms with E-state index in [4.69, 9.17) is 9.15 Å². The molecule has 1 amide bonds. The van der Waals surface area contributed by atoms with E-state index >= 15 is 0 Å². The molecular weight excluding hydrogens is 292 g/mol. The predicted octanol–water partition coefficient (Wildman–Crippen LogP) is 2.20. The summed E-state index contributed by atoms with van der Waals surface area (Å²) in [5.74, 6) is 1.07. The van der Waals surface area contributed by atoms with Crippen molar-refractivity contribution in [2.75, 3.05) is 14.2 Å². The van der Waals surface area contributed by atoms with Gasteiger partial charge in [-0.25, -0.2) is 0 Å². The molecule has 3 rings (SSSR count). The number of amides is 1. The molecule has 1 N–H and O–H groups in total. The van der Waals surface area contributed by atoms with Gasteiger partial charge in [-0.1, -0.05) is 0 Å². The summed E-state index contributed by atoms with van der Waals surface area (Å²) in [6.45, 7) is 0.397. The first-order valence-electron chi connectivity index (χ1n) is 7.28. The minimum Gasteiger partial charge on any atom is -0.453 e. The van der Waals surface area contributed by atoms with Gasteiger partial charge in [-0.2, -0.15) is 0 Å². The van der Waals surface area contributed by atoms with E-state index in [2.05, 4.69) is 5.32 Å². The Morgan fingerprint density at radius 2 is 2.05 bits per heavy atom. The molecule has 1 aromatic rings. The van der Waals surface area contributed by atoms with Crippen LogP contribution in [0.1, 0.15) is 42.0 Å². The number of methoxy groups -OCH3 is 1. The number of nitrogens with one attached hydrogen (secondary N) is 1. The Morgan fingerprint density at radius 1 is 1.38 bits per heavy atom. The summed E-state index contributed by atoms with van der Waals surface area (Å²) in [5.41, 5.74) is 0. The average molecular weight is 315 g/mol. The summed E-state index contributed by atoms with van der Waals surface area (Å²) in [6, 6.07) is 5.01. The maximum atomic E-state index is 12.5. The van der Waals surface area contributed by atoms with Crippen LogP contribution in [0, 0.1) is 0 Å². The van der Waals surface area contributed by atoms with Crippen molar-refractivity contribution >= 4 is 18.3 Å². The van der Waals surface area contributed by atoms with E-state index in [0.717, 1.165) is 12.8 Å². The summed E-state index contributed by atoms with van der Waals surface area (Å²) in [6.07, 6.45) is 4.57. The van der Waals surface area contributed by atoms with Crippen molar-refractivity contribution in [3.63, 3.8) is 0 Å². The Balaban J connectivity index is 0.00000161. The topological polar surface area (TPSA) is 54.7 Å². The zero-order valence-electron chi connectivity index (χ0n) is 12.5. The molecule has 2 unspecified atom stereocenters. The van der Waals surface area contributed by atoms with Gasteiger partial charge in [-0.15, -0.1) is 12.4 Å². The van der Waals surface area contributed by atoms with Crippen molar-refractivity contribution in [3.8, 4) is 0 Å². The fourth-order valence-electron chi connectivity index (χ4n) is 3.40. The molecule has 3 heterocycles. The lowest BCUT2D eigenvalue weighted by Crippen LogP contribution is -2.48. The van der Waals surface area contributed by atoms with Crippen LogP contribution in [-0.4, -0.2) is 43.1 Å². The van der Waals surface area contributed by atoms with E-state index in [1.807, 2.05) is 11.9 Å². The average Bonchev–Trinajstić information content (AvgIpc) is 3.04. The lowest BCUT2D eigenvalue weighted by Gasteiger charge is -2.35. The highest BCUT2D eigenvalue weighted by Crippen LogP contribution is 2.30. The number of fused-ring (bicyclic) bond motifs is 2. The molecule has 118 valence electrons. The van der Waals surface area contributed by atoms with Gasteiger partial charge in [0.1, 0.15) is 12.4 Å². The highest BCUT2D eigenvalue weighted by molar-refractivity contribution is 5.91. The summed E-state index contributed by atoms with van der Waals surface area (Å²) in [5, 5.41) is 3.60. The smallest absolute Gasteiger partial charge is 0.289 e. The van der Waals surface area contributed by atoms with Crippen molar-refractivity contribution < 1.29 is 13.9 Å². The Labute approximate surface area is 131 Å². The van der Waals surface area contributed by atoms with Crippen molar-refractivity contribution in [1.29, 1.82) is 0 Å². The summed E-state index contributed by atoms with van der Waals surface area (Å²) >= 11 is 0. The molecule has 2 aliphatic rings. The molecule has 2 bridgehead atoms. The Hall–Kier alpha value is -1.04. The van der Waals surface area contributed by atoms with Gasteiger partial charge >= 0.3 is 0 Å². The van der Waals surface area contributed by atoms with Crippen LogP contribution in [0.2, 0.25) is 0 Å². The molecule has 6 heteroatoms. The SMILES string of the molecule is COCc1ccc(C(=O)N(C)C2CC3CCC(C2)N3)o1.Cl. The van der Waals surface area contributed by atoms with E-state index in [-0.39, 0.29) is 18.3 Å². The second-order valence-electron chi connectivity index (χ2n) is 5.88. The van der Waals surface area contributed by atoms with Crippen molar-refractivity contribution in [1.82, 2.24) is 10.2 Å². The number of ether oxygens (including phenoxy) is 1. The standard InChI is InChI=1S/C15H22N2O3.ClH/c1-17(12-7-10-3-4-11(8-12)16-10)15(18)14-6-5-13(20-14)9-19-2;/h5-6,10-12,16H,3-4,7-9H2,1-2H3;1H. The molecule has 0 radical (unpaired) electrons. The number of piperidine rings is 1. The van der Waals surface area contributed by atoms with Gasteiger partial charge in [-0.05, 0) is 37.8 Å². The predicted molar refractivity (Wildman–Crippen MR) is 81.7 cm³/mol. The monoisotopic (exact) mass is 314 g/mol. The molecule has 2 fully saturated rings. The van der Waals surface area contributed by atoms with Crippen LogP contribution in [0.3, 0.4) is 0 Å². The fourth-order valence-corrected chi connectivity index (χ4v) is 3.40. The van der Waals surface area contributed by atoms with Crippen molar-refractivity contribution in [2.45, 2.75) is 50.4 Å². The second kappa shape index (κ2) is 6.81. The van der Waals surface area contributed by atoms with Crippen molar-refractivity contribution in [2.24, 2.45) is 0 Å². The third kappa shape index (κ3) is 3.42. The van der Waals surface area contributed by atoms with Crippen LogP contribution in [-0.2, 0) is 11.3 Å². The molecule has 2 saturated heterocycles. The van der Waals surface area contributed by atoms with Crippen LogP contribution >= 0.6 is 12.4 Å². The second-order valence-corrected chi connectivity index (χ2v) is 5.88. The quantitative estimate of drug-likeness (QED) is 0.925. The first-order valence-corrected chi connectivity index (χ1v) is 7.28. The lowest BCUT2D eigenvalue weighted by molar-refractivity contribution is 0.0642. The zero-order chi connectivity index (χ0) is 14.1. The van der Waals surface area contributed by atoms with Gasteiger partial charge in [0.2, 0.25) is 0 Å². The van der Waals surface area contributed by atoms with Gasteiger partial charge in [0.25, 0.3) is 5.91 Å². The van der Waals surface area contributed by atoms with Crippen LogP contribution in [0.15, 0.2) is 16.5 Å². The Bertz CT molecular complexity index is 479. The Kier molecular flexibility index (Phi) is 5.30. The first kappa shape index (κ1) is 16.3. The van der Waals surface area contributed by atoms with Gasteiger partial charge in [0.05, 0.1) is 0 Å². The molecule has 2 atom stereocenters. The van der Waals surface area contributed by atoms with Gasteiger partial charge in [0.15, 0.2) is 5.76 Å². The Morgan fingerprint density at radius 3 is 2.67 bits per heavy atom. The number of furan rings is 1. The van der Waals surface area contributed by atoms with Crippen LogP contribution < -0.4 is 5.32 Å². The van der Waals surface area contributed by atoms with E-state index in [1.165, 1.54) is 12.8 Å². The highest BCUT2D eigenvalue weighted by Gasteiger charge is 2.36. The van der Waals surface area contributed by atoms with E-state index in [0.29, 0.717) is 36.3 Å². The minimum atomic E-state index is -0.0290. The summed E-state index contributed by atoms with van der Waals surface area (Å²) < 4.78 is 10.5. The largest absolute Gasteiger partial charge is 0.453 e. The molecular formula is C15H23ClN2O3. The third-order valence-electron chi connectivity index (χ3n) is 4.48. The number of hydrogen-bond donors (Lipinski definition) is 1. The summed E-state index contributed by atoms with van der Waals surface area (Å²) in [7, 11) is 3.50. The molecule has 2 aliphatic heterocycles. The zero-order valence-corrected chi connectivity index (χ0v) is 13.3. The molecule has 0 spiro atoms. The number of carbonyl (C=O) groups is 1. The van der Waals surface area contributed by atoms with Gasteiger partial charge < -0.3 is 19.4 Å². The first-order chi connectivity index (χ1) is 9.67. The number of halogens is 1. The number of nitrogens with zero attached hydrogens (tertiary/aromatic N) is 1. The lowest BCUT2D eigenvalue weighted by atomic mass is 9.98. The molecule has 1 aromatic heterocycles. The van der Waals surface area contributed by atoms with Gasteiger partial charge in [0, 0.05) is 32.3 Å². The molecule has 0 saturated carbocycles. The van der Waals surface area contributed by atoms with Crippen LogP contribution in [0.5, 0.6) is 0 Å². The summed E-state index contributed by atoms with van der Waals surface area (Å²) in [4.78, 5) is 14.3. The number of hydrogen-bond acceptors (Lipinski definition) is 4. The molecule has 5 nitrogen and oxygen atoms in total. The van der Waals surface area contributed by atoms with Crippen LogP contribution in [0.4, 0.5) is 0 Å². The molecule has 21 heavy (non-hydrogen) atoms. The third-order valence-corrected chi connectivity index (χ3v) is 4.48. The maximum absolute atomic E-state index is 12.5. The molecule has 0 aliphatic carbocycles. The minimum absolute atomic E-state index is 0. The number of carbonyl (C=O) groups excluding carboxylic acids is 1.